The van der Waals surface area contributed by atoms with Crippen LogP contribution < -0.4 is 19.7 Å². The van der Waals surface area contributed by atoms with E-state index < -0.39 is 0 Å². The van der Waals surface area contributed by atoms with Gasteiger partial charge < -0.3 is 14.8 Å². The van der Waals surface area contributed by atoms with Crippen LogP contribution in [0.5, 0.6) is 11.5 Å². The first-order valence-electron chi connectivity index (χ1n) is 7.76. The van der Waals surface area contributed by atoms with Gasteiger partial charge in [-0.25, -0.2) is 0 Å². The maximum Gasteiger partial charge on any atom is 0.307 e. The van der Waals surface area contributed by atoms with E-state index in [-0.39, 0.29) is 17.3 Å². The molecule has 2 aromatic rings. The minimum Gasteiger partial charge on any atom is -0.493 e. The van der Waals surface area contributed by atoms with Crippen molar-refractivity contribution in [1.29, 1.82) is 0 Å². The molecule has 0 bridgehead atoms. The van der Waals surface area contributed by atoms with E-state index in [4.69, 9.17) is 9.47 Å². The molecule has 0 saturated carbocycles. The average Bonchev–Trinajstić information content (AvgIpc) is 2.90. The molecule has 6 nitrogen and oxygen atoms in total. The summed E-state index contributed by atoms with van der Waals surface area (Å²) in [5, 5.41) is 4.56. The van der Waals surface area contributed by atoms with Crippen molar-refractivity contribution in [1.82, 2.24) is 9.88 Å². The largest absolute Gasteiger partial charge is 0.493 e. The average molecular weight is 350 g/mol. The van der Waals surface area contributed by atoms with Crippen LogP contribution >= 0.6 is 11.3 Å². The predicted octanol–water partition coefficient (Wildman–Crippen LogP) is 2.33. The van der Waals surface area contributed by atoms with E-state index in [0.717, 1.165) is 29.0 Å². The maximum absolute atomic E-state index is 12.0. The van der Waals surface area contributed by atoms with Crippen molar-refractivity contribution < 1.29 is 14.3 Å². The molecule has 24 heavy (non-hydrogen) atoms. The normalized spacial score (nSPS) is 10.5. The highest BCUT2D eigenvalue weighted by Gasteiger charge is 2.10. The Morgan fingerprint density at radius 1 is 1.33 bits per heavy atom. The lowest BCUT2D eigenvalue weighted by Gasteiger charge is -2.12. The summed E-state index contributed by atoms with van der Waals surface area (Å²) in [5.41, 5.74) is 1.69. The lowest BCUT2D eigenvalue weighted by molar-refractivity contribution is -0.121. The van der Waals surface area contributed by atoms with Crippen molar-refractivity contribution >= 4 is 17.2 Å². The quantitative estimate of drug-likeness (QED) is 0.793. The van der Waals surface area contributed by atoms with Crippen molar-refractivity contribution in [2.45, 2.75) is 33.4 Å². The van der Waals surface area contributed by atoms with E-state index >= 15 is 0 Å². The maximum atomic E-state index is 12.0. The molecule has 1 heterocycles. The molecule has 1 amide bonds. The van der Waals surface area contributed by atoms with Gasteiger partial charge in [-0.15, -0.1) is 0 Å². The first-order valence-corrected chi connectivity index (χ1v) is 8.64. The van der Waals surface area contributed by atoms with Gasteiger partial charge in [-0.05, 0) is 31.0 Å². The highest BCUT2D eigenvalue weighted by atomic mass is 32.1. The van der Waals surface area contributed by atoms with E-state index in [9.17, 15) is 9.59 Å². The molecule has 0 spiro atoms. The van der Waals surface area contributed by atoms with Crippen LogP contribution in [0.1, 0.15) is 24.6 Å². The number of nitrogens with one attached hydrogen (secondary N) is 1. The number of carbonyl (C=O) groups is 1. The standard InChI is InChI=1S/C17H22N2O4S/c1-4-7-23-14-6-5-13(8-15(14)22-3)9-18-16(20)10-19-12(2)11-24-17(19)21/h5-6,8,11H,4,7,9-10H2,1-3H3,(H,18,20). The van der Waals surface area contributed by atoms with Gasteiger partial charge in [0.15, 0.2) is 11.5 Å². The van der Waals surface area contributed by atoms with Crippen LogP contribution in [-0.4, -0.2) is 24.2 Å². The Hall–Kier alpha value is -2.28. The van der Waals surface area contributed by atoms with Crippen molar-refractivity contribution in [3.8, 4) is 11.5 Å². The molecule has 130 valence electrons. The van der Waals surface area contributed by atoms with Gasteiger partial charge in [-0.3, -0.25) is 14.2 Å². The zero-order valence-electron chi connectivity index (χ0n) is 14.1. The fraction of sp³-hybridized carbons (Fsp3) is 0.412. The van der Waals surface area contributed by atoms with Crippen LogP contribution in [0.4, 0.5) is 0 Å². The molecule has 0 aliphatic rings. The first kappa shape index (κ1) is 18.1. The van der Waals surface area contributed by atoms with Gasteiger partial charge in [0.1, 0.15) is 6.54 Å². The van der Waals surface area contributed by atoms with Crippen LogP contribution in [-0.2, 0) is 17.9 Å². The molecule has 0 unspecified atom stereocenters. The summed E-state index contributed by atoms with van der Waals surface area (Å²) < 4.78 is 12.4. The molecule has 1 aromatic heterocycles. The molecule has 1 aromatic carbocycles. The van der Waals surface area contributed by atoms with Gasteiger partial charge in [0.25, 0.3) is 0 Å². The summed E-state index contributed by atoms with van der Waals surface area (Å²) in [6.45, 7) is 4.87. The number of thiazole rings is 1. The summed E-state index contributed by atoms with van der Waals surface area (Å²) in [7, 11) is 1.59. The minimum absolute atomic E-state index is 0.0308. The third-order valence-corrected chi connectivity index (χ3v) is 4.34. The highest BCUT2D eigenvalue weighted by Crippen LogP contribution is 2.28. The summed E-state index contributed by atoms with van der Waals surface area (Å²) in [4.78, 5) is 23.5. The number of methoxy groups -OCH3 is 1. The molecule has 0 saturated heterocycles. The number of hydrogen-bond acceptors (Lipinski definition) is 5. The Morgan fingerprint density at radius 2 is 2.12 bits per heavy atom. The fourth-order valence-corrected chi connectivity index (χ4v) is 2.88. The Bertz CT molecular complexity index is 751. The number of amides is 1. The summed E-state index contributed by atoms with van der Waals surface area (Å²) >= 11 is 1.10. The Morgan fingerprint density at radius 3 is 2.75 bits per heavy atom. The molecular formula is C17H22N2O4S. The molecule has 2 rings (SSSR count). The van der Waals surface area contributed by atoms with Crippen molar-refractivity contribution in [2.24, 2.45) is 0 Å². The van der Waals surface area contributed by atoms with Crippen LogP contribution in [0.2, 0.25) is 0 Å². The van der Waals surface area contributed by atoms with E-state index in [1.165, 1.54) is 4.57 Å². The van der Waals surface area contributed by atoms with Crippen LogP contribution in [0.25, 0.3) is 0 Å². The number of benzene rings is 1. The molecule has 7 heteroatoms. The number of aromatic nitrogens is 1. The Labute approximate surface area is 145 Å². The van der Waals surface area contributed by atoms with Crippen molar-refractivity contribution in [2.75, 3.05) is 13.7 Å². The number of nitrogens with zero attached hydrogens (tertiary/aromatic N) is 1. The van der Waals surface area contributed by atoms with Gasteiger partial charge >= 0.3 is 4.87 Å². The van der Waals surface area contributed by atoms with Crippen LogP contribution in [0.15, 0.2) is 28.4 Å². The topological polar surface area (TPSA) is 69.6 Å². The van der Waals surface area contributed by atoms with Gasteiger partial charge in [-0.2, -0.15) is 0 Å². The molecule has 0 aliphatic heterocycles. The fourth-order valence-electron chi connectivity index (χ4n) is 2.15. The molecular weight excluding hydrogens is 328 g/mol. The summed E-state index contributed by atoms with van der Waals surface area (Å²) in [5.74, 6) is 1.12. The zero-order chi connectivity index (χ0) is 17.5. The SMILES string of the molecule is CCCOc1ccc(CNC(=O)Cn2c(C)csc2=O)cc1OC. The molecule has 0 radical (unpaired) electrons. The lowest BCUT2D eigenvalue weighted by Crippen LogP contribution is -2.30. The summed E-state index contributed by atoms with van der Waals surface area (Å²) in [6.07, 6.45) is 0.919. The third-order valence-electron chi connectivity index (χ3n) is 3.46. The Balaban J connectivity index is 1.96. The van der Waals surface area contributed by atoms with E-state index in [0.29, 0.717) is 24.7 Å². The Kier molecular flexibility index (Phi) is 6.43. The number of carbonyl (C=O) groups excluding carboxylic acids is 1. The van der Waals surface area contributed by atoms with Gasteiger partial charge in [0, 0.05) is 17.6 Å². The third kappa shape index (κ3) is 4.61. The predicted molar refractivity (Wildman–Crippen MR) is 93.9 cm³/mol. The van der Waals surface area contributed by atoms with Crippen molar-refractivity contribution in [3.05, 3.63) is 44.5 Å². The smallest absolute Gasteiger partial charge is 0.307 e. The van der Waals surface area contributed by atoms with Crippen LogP contribution in [0, 0.1) is 6.92 Å². The van der Waals surface area contributed by atoms with E-state index in [2.05, 4.69) is 5.32 Å². The minimum atomic E-state index is -0.205. The summed E-state index contributed by atoms with van der Waals surface area (Å²) in [6, 6.07) is 5.56. The molecule has 0 fully saturated rings. The zero-order valence-corrected chi connectivity index (χ0v) is 14.9. The second-order valence-electron chi connectivity index (χ2n) is 5.34. The highest BCUT2D eigenvalue weighted by molar-refractivity contribution is 7.07. The second-order valence-corrected chi connectivity index (χ2v) is 6.16. The molecule has 0 atom stereocenters. The van der Waals surface area contributed by atoms with E-state index in [1.807, 2.05) is 32.0 Å². The molecule has 0 aliphatic carbocycles. The number of aryl methyl sites for hydroxylation is 1. The number of hydrogen-bond donors (Lipinski definition) is 1. The van der Waals surface area contributed by atoms with Gasteiger partial charge in [-0.1, -0.05) is 24.3 Å². The second kappa shape index (κ2) is 8.54. The number of rotatable bonds is 8. The lowest BCUT2D eigenvalue weighted by atomic mass is 10.2. The van der Waals surface area contributed by atoms with Gasteiger partial charge in [0.05, 0.1) is 13.7 Å². The molecule has 1 N–H and O–H groups in total. The number of ether oxygens (including phenoxy) is 2. The first-order chi connectivity index (χ1) is 11.5. The van der Waals surface area contributed by atoms with Gasteiger partial charge in [0.2, 0.25) is 5.91 Å². The van der Waals surface area contributed by atoms with Crippen molar-refractivity contribution in [3.63, 3.8) is 0 Å². The van der Waals surface area contributed by atoms with Crippen LogP contribution in [0.3, 0.4) is 0 Å². The monoisotopic (exact) mass is 350 g/mol. The van der Waals surface area contributed by atoms with E-state index in [1.54, 1.807) is 12.5 Å².